The number of hydrogen-bond acceptors (Lipinski definition) is 4. The van der Waals surface area contributed by atoms with Crippen LogP contribution in [0.4, 0.5) is 14.5 Å². The summed E-state index contributed by atoms with van der Waals surface area (Å²) in [7, 11) is -4.09. The van der Waals surface area contributed by atoms with Crippen LogP contribution in [0.15, 0.2) is 58.1 Å². The molecule has 3 rings (SSSR count). The van der Waals surface area contributed by atoms with Crippen molar-refractivity contribution in [2.75, 3.05) is 4.72 Å². The van der Waals surface area contributed by atoms with Crippen LogP contribution in [0, 0.1) is 11.6 Å². The molecule has 5 nitrogen and oxygen atoms in total. The van der Waals surface area contributed by atoms with Gasteiger partial charge < -0.3 is 5.11 Å². The van der Waals surface area contributed by atoms with Gasteiger partial charge in [0.05, 0.1) is 10.6 Å². The van der Waals surface area contributed by atoms with Crippen LogP contribution in [0.3, 0.4) is 0 Å². The smallest absolute Gasteiger partial charge is 0.341 e. The van der Waals surface area contributed by atoms with Gasteiger partial charge in [-0.3, -0.25) is 4.72 Å². The van der Waals surface area contributed by atoms with Gasteiger partial charge in [0.2, 0.25) is 0 Å². The summed E-state index contributed by atoms with van der Waals surface area (Å²) in [4.78, 5) is 10.7. The van der Waals surface area contributed by atoms with Gasteiger partial charge in [-0.2, -0.15) is 11.3 Å². The molecule has 0 atom stereocenters. The monoisotopic (exact) mass is 395 g/mol. The first kappa shape index (κ1) is 18.0. The van der Waals surface area contributed by atoms with Crippen molar-refractivity contribution in [2.45, 2.75) is 4.90 Å². The van der Waals surface area contributed by atoms with Gasteiger partial charge >= 0.3 is 5.97 Å². The highest BCUT2D eigenvalue weighted by Crippen LogP contribution is 2.25. The minimum atomic E-state index is -4.09. The van der Waals surface area contributed by atoms with E-state index in [1.165, 1.54) is 23.5 Å². The number of thiophene rings is 1. The van der Waals surface area contributed by atoms with E-state index in [-0.39, 0.29) is 4.90 Å². The number of rotatable bonds is 5. The van der Waals surface area contributed by atoms with E-state index in [0.717, 1.165) is 11.1 Å². The highest BCUT2D eigenvalue weighted by molar-refractivity contribution is 7.92. The highest BCUT2D eigenvalue weighted by atomic mass is 32.2. The van der Waals surface area contributed by atoms with Crippen LogP contribution in [-0.4, -0.2) is 19.5 Å². The van der Waals surface area contributed by atoms with Crippen LogP contribution in [0.1, 0.15) is 10.4 Å². The second-order valence-corrected chi connectivity index (χ2v) is 7.72. The molecule has 2 N–H and O–H groups in total. The third kappa shape index (κ3) is 3.58. The Labute approximate surface area is 151 Å². The fraction of sp³-hybridized carbons (Fsp3) is 0. The highest BCUT2D eigenvalue weighted by Gasteiger charge is 2.20. The molecule has 3 aromatic rings. The first-order chi connectivity index (χ1) is 12.3. The summed E-state index contributed by atoms with van der Waals surface area (Å²) >= 11 is 1.51. The number of anilines is 1. The van der Waals surface area contributed by atoms with Gasteiger partial charge in [-0.25, -0.2) is 22.0 Å². The predicted octanol–water partition coefficient (Wildman–Crippen LogP) is 4.19. The van der Waals surface area contributed by atoms with Crippen molar-refractivity contribution < 1.29 is 27.1 Å². The minimum absolute atomic E-state index is 0.0976. The summed E-state index contributed by atoms with van der Waals surface area (Å²) in [5, 5.41) is 12.5. The van der Waals surface area contributed by atoms with Crippen LogP contribution in [0.2, 0.25) is 0 Å². The maximum atomic E-state index is 13.7. The van der Waals surface area contributed by atoms with Crippen molar-refractivity contribution in [3.63, 3.8) is 0 Å². The Balaban J connectivity index is 1.88. The molecule has 9 heteroatoms. The molecule has 2 aromatic carbocycles. The molecule has 0 radical (unpaired) electrons. The Bertz CT molecular complexity index is 1040. The van der Waals surface area contributed by atoms with Crippen LogP contribution in [0.25, 0.3) is 11.1 Å². The lowest BCUT2D eigenvalue weighted by atomic mass is 10.1. The average molecular weight is 395 g/mol. The molecule has 0 fully saturated rings. The predicted molar refractivity (Wildman–Crippen MR) is 93.9 cm³/mol. The normalized spacial score (nSPS) is 11.3. The number of nitrogens with one attached hydrogen (secondary N) is 1. The molecular formula is C17H11F2NO4S2. The Morgan fingerprint density at radius 1 is 1.00 bits per heavy atom. The molecule has 0 saturated heterocycles. The molecule has 1 aromatic heterocycles. The summed E-state index contributed by atoms with van der Waals surface area (Å²) in [6, 6.07) is 9.09. The molecule has 134 valence electrons. The van der Waals surface area contributed by atoms with Crippen molar-refractivity contribution in [1.29, 1.82) is 0 Å². The molecule has 0 aliphatic heterocycles. The Hall–Kier alpha value is -2.78. The standard InChI is InChI=1S/C17H11F2NO4S2/c18-14-7-12(8-15(19)16(14)17(21)22)20-26(23,24)13-3-1-10(2-4-13)11-5-6-25-9-11/h1-9,20H,(H,21,22). The first-order valence-electron chi connectivity index (χ1n) is 7.16. The van der Waals surface area contributed by atoms with Crippen molar-refractivity contribution >= 4 is 33.0 Å². The van der Waals surface area contributed by atoms with E-state index < -0.39 is 38.9 Å². The van der Waals surface area contributed by atoms with E-state index in [0.29, 0.717) is 12.1 Å². The fourth-order valence-electron chi connectivity index (χ4n) is 2.31. The molecule has 1 heterocycles. The van der Waals surface area contributed by atoms with E-state index in [2.05, 4.69) is 0 Å². The maximum absolute atomic E-state index is 13.7. The third-order valence-corrected chi connectivity index (χ3v) is 5.61. The SMILES string of the molecule is O=C(O)c1c(F)cc(NS(=O)(=O)c2ccc(-c3ccsc3)cc2)cc1F. The lowest BCUT2D eigenvalue weighted by Crippen LogP contribution is -2.14. The van der Waals surface area contributed by atoms with E-state index >= 15 is 0 Å². The van der Waals surface area contributed by atoms with Gasteiger partial charge in [0.25, 0.3) is 10.0 Å². The van der Waals surface area contributed by atoms with Gasteiger partial charge in [-0.15, -0.1) is 0 Å². The Kier molecular flexibility index (Phi) is 4.75. The lowest BCUT2D eigenvalue weighted by Gasteiger charge is -2.10. The number of hydrogen-bond donors (Lipinski definition) is 2. The first-order valence-corrected chi connectivity index (χ1v) is 9.58. The van der Waals surface area contributed by atoms with E-state index in [1.807, 2.05) is 21.5 Å². The van der Waals surface area contributed by atoms with Gasteiger partial charge in [0.1, 0.15) is 17.2 Å². The summed E-state index contributed by atoms with van der Waals surface area (Å²) in [5.41, 5.74) is 0.216. The molecule has 0 spiro atoms. The van der Waals surface area contributed by atoms with Crippen LogP contribution < -0.4 is 4.72 Å². The molecule has 0 aliphatic carbocycles. The number of benzene rings is 2. The van der Waals surface area contributed by atoms with Crippen LogP contribution in [0.5, 0.6) is 0 Å². The Morgan fingerprint density at radius 3 is 2.12 bits per heavy atom. The zero-order chi connectivity index (χ0) is 18.9. The van der Waals surface area contributed by atoms with Crippen LogP contribution >= 0.6 is 11.3 Å². The molecule has 0 unspecified atom stereocenters. The third-order valence-electron chi connectivity index (χ3n) is 3.53. The number of carbonyl (C=O) groups is 1. The zero-order valence-electron chi connectivity index (χ0n) is 12.9. The van der Waals surface area contributed by atoms with Gasteiger partial charge in [-0.1, -0.05) is 12.1 Å². The number of aromatic carboxylic acids is 1. The van der Waals surface area contributed by atoms with Gasteiger partial charge in [0, 0.05) is 0 Å². The minimum Gasteiger partial charge on any atom is -0.477 e. The number of carboxylic acids is 1. The molecule has 0 amide bonds. The summed E-state index contributed by atoms with van der Waals surface area (Å²) in [6.45, 7) is 0. The average Bonchev–Trinajstić information content (AvgIpc) is 3.08. The zero-order valence-corrected chi connectivity index (χ0v) is 14.6. The topological polar surface area (TPSA) is 83.5 Å². The quantitative estimate of drug-likeness (QED) is 0.678. The second-order valence-electron chi connectivity index (χ2n) is 5.26. The molecule has 0 aliphatic rings. The van der Waals surface area contributed by atoms with Crippen molar-refractivity contribution in [3.05, 3.63) is 70.4 Å². The van der Waals surface area contributed by atoms with E-state index in [9.17, 15) is 22.0 Å². The summed E-state index contributed by atoms with van der Waals surface area (Å²) in [5.74, 6) is -4.52. The number of sulfonamides is 1. The fourth-order valence-corrected chi connectivity index (χ4v) is 4.01. The van der Waals surface area contributed by atoms with Crippen LogP contribution in [-0.2, 0) is 10.0 Å². The molecule has 0 bridgehead atoms. The number of halogens is 2. The molecular weight excluding hydrogens is 384 g/mol. The van der Waals surface area contributed by atoms with E-state index in [4.69, 9.17) is 5.11 Å². The van der Waals surface area contributed by atoms with Gasteiger partial charge in [-0.05, 0) is 52.2 Å². The van der Waals surface area contributed by atoms with Crippen molar-refractivity contribution in [1.82, 2.24) is 0 Å². The van der Waals surface area contributed by atoms with E-state index in [1.54, 1.807) is 12.1 Å². The largest absolute Gasteiger partial charge is 0.477 e. The maximum Gasteiger partial charge on any atom is 0.341 e. The van der Waals surface area contributed by atoms with Crippen molar-refractivity contribution in [3.8, 4) is 11.1 Å². The summed E-state index contributed by atoms with van der Waals surface area (Å²) in [6.07, 6.45) is 0. The van der Waals surface area contributed by atoms with Gasteiger partial charge in [0.15, 0.2) is 0 Å². The lowest BCUT2D eigenvalue weighted by molar-refractivity contribution is 0.0686. The Morgan fingerprint density at radius 2 is 1.62 bits per heavy atom. The second kappa shape index (κ2) is 6.85. The van der Waals surface area contributed by atoms with Crippen molar-refractivity contribution in [2.24, 2.45) is 0 Å². The number of carboxylic acid groups (broad SMARTS) is 1. The summed E-state index contributed by atoms with van der Waals surface area (Å²) < 4.78 is 54.2. The molecule has 0 saturated carbocycles. The molecule has 26 heavy (non-hydrogen) atoms.